The number of terminal acetylenes is 1. The van der Waals surface area contributed by atoms with Crippen LogP contribution in [0.3, 0.4) is 0 Å². The predicted molar refractivity (Wildman–Crippen MR) is 68.9 cm³/mol. The molecule has 88 valence electrons. The van der Waals surface area contributed by atoms with Crippen molar-refractivity contribution in [1.29, 1.82) is 0 Å². The molecule has 0 bridgehead atoms. The maximum Gasteiger partial charge on any atom is 0.141 e. The van der Waals surface area contributed by atoms with Gasteiger partial charge in [0.15, 0.2) is 0 Å². The van der Waals surface area contributed by atoms with E-state index in [4.69, 9.17) is 6.42 Å². The van der Waals surface area contributed by atoms with E-state index in [1.807, 2.05) is 6.08 Å². The minimum Gasteiger partial charge on any atom is -0.374 e. The van der Waals surface area contributed by atoms with Crippen LogP contribution in [0.2, 0.25) is 0 Å². The van der Waals surface area contributed by atoms with Crippen LogP contribution in [-0.4, -0.2) is 10.7 Å². The van der Waals surface area contributed by atoms with Crippen molar-refractivity contribution in [2.75, 3.05) is 0 Å². The molecule has 0 heterocycles. The molecule has 1 rings (SSSR count). The van der Waals surface area contributed by atoms with Gasteiger partial charge in [-0.1, -0.05) is 31.4 Å². The average molecular weight is 218 g/mol. The van der Waals surface area contributed by atoms with Crippen LogP contribution < -0.4 is 0 Å². The second kappa shape index (κ2) is 4.47. The molecule has 1 aliphatic carbocycles. The molecule has 0 aromatic carbocycles. The van der Waals surface area contributed by atoms with E-state index < -0.39 is 5.60 Å². The third-order valence-corrected chi connectivity index (χ3v) is 3.41. The summed E-state index contributed by atoms with van der Waals surface area (Å²) in [5, 5.41) is 9.76. The van der Waals surface area contributed by atoms with E-state index >= 15 is 0 Å². The van der Waals surface area contributed by atoms with Crippen LogP contribution in [0.15, 0.2) is 23.3 Å². The van der Waals surface area contributed by atoms with Gasteiger partial charge in [-0.15, -0.1) is 6.42 Å². The molecular formula is C15H22O. The van der Waals surface area contributed by atoms with Gasteiger partial charge in [0.25, 0.3) is 0 Å². The summed E-state index contributed by atoms with van der Waals surface area (Å²) >= 11 is 0. The Morgan fingerprint density at radius 1 is 1.50 bits per heavy atom. The highest BCUT2D eigenvalue weighted by molar-refractivity contribution is 5.35. The van der Waals surface area contributed by atoms with Crippen molar-refractivity contribution in [3.05, 3.63) is 23.3 Å². The van der Waals surface area contributed by atoms with Crippen LogP contribution in [0.1, 0.15) is 47.0 Å². The van der Waals surface area contributed by atoms with Crippen molar-refractivity contribution >= 4 is 0 Å². The summed E-state index contributed by atoms with van der Waals surface area (Å²) in [4.78, 5) is 0. The van der Waals surface area contributed by atoms with Crippen molar-refractivity contribution in [3.8, 4) is 12.3 Å². The van der Waals surface area contributed by atoms with Crippen molar-refractivity contribution in [1.82, 2.24) is 0 Å². The van der Waals surface area contributed by atoms with Gasteiger partial charge in [0.2, 0.25) is 0 Å². The molecule has 0 aliphatic heterocycles. The number of rotatable bonds is 2. The van der Waals surface area contributed by atoms with Crippen LogP contribution in [0, 0.1) is 17.8 Å². The first-order chi connectivity index (χ1) is 7.28. The Labute approximate surface area is 99.3 Å². The molecule has 0 saturated carbocycles. The van der Waals surface area contributed by atoms with Gasteiger partial charge in [-0.2, -0.15) is 0 Å². The monoisotopic (exact) mass is 218 g/mol. The Balaban J connectivity index is 3.00. The van der Waals surface area contributed by atoms with E-state index in [1.54, 1.807) is 13.0 Å². The first-order valence-electron chi connectivity index (χ1n) is 5.88. The molecular weight excluding hydrogens is 196 g/mol. The molecule has 0 aromatic heterocycles. The van der Waals surface area contributed by atoms with E-state index in [9.17, 15) is 5.11 Å². The molecule has 0 aromatic rings. The zero-order valence-corrected chi connectivity index (χ0v) is 10.8. The predicted octanol–water partition coefficient (Wildman–Crippen LogP) is 3.45. The van der Waals surface area contributed by atoms with E-state index in [1.165, 1.54) is 24.0 Å². The van der Waals surface area contributed by atoms with Crippen molar-refractivity contribution in [2.45, 2.75) is 52.6 Å². The summed E-state index contributed by atoms with van der Waals surface area (Å²) in [5.41, 5.74) is 1.80. The number of hydrogen-bond acceptors (Lipinski definition) is 1. The minimum atomic E-state index is -1.14. The van der Waals surface area contributed by atoms with Gasteiger partial charge in [0, 0.05) is 0 Å². The Hall–Kier alpha value is -1.00. The van der Waals surface area contributed by atoms with Gasteiger partial charge in [0.05, 0.1) is 0 Å². The van der Waals surface area contributed by atoms with Gasteiger partial charge >= 0.3 is 0 Å². The fourth-order valence-corrected chi connectivity index (χ4v) is 2.30. The van der Waals surface area contributed by atoms with Gasteiger partial charge in [-0.05, 0) is 50.2 Å². The summed E-state index contributed by atoms with van der Waals surface area (Å²) in [6.07, 6.45) is 12.6. The number of aliphatic hydroxyl groups is 1. The molecule has 0 spiro atoms. The van der Waals surface area contributed by atoms with E-state index in [0.717, 1.165) is 6.42 Å². The van der Waals surface area contributed by atoms with Gasteiger partial charge in [-0.3, -0.25) is 0 Å². The fourth-order valence-electron chi connectivity index (χ4n) is 2.30. The Bertz CT molecular complexity index is 361. The zero-order valence-electron chi connectivity index (χ0n) is 10.8. The van der Waals surface area contributed by atoms with Gasteiger partial charge in [0.1, 0.15) is 5.60 Å². The molecule has 1 N–H and O–H groups in total. The molecule has 1 unspecified atom stereocenters. The largest absolute Gasteiger partial charge is 0.374 e. The highest BCUT2D eigenvalue weighted by atomic mass is 16.3. The average Bonchev–Trinajstić information content (AvgIpc) is 2.16. The number of allylic oxidation sites excluding steroid dienone is 3. The van der Waals surface area contributed by atoms with Crippen LogP contribution >= 0.6 is 0 Å². The third-order valence-electron chi connectivity index (χ3n) is 3.41. The molecule has 0 radical (unpaired) electrons. The lowest BCUT2D eigenvalue weighted by atomic mass is 9.72. The highest BCUT2D eigenvalue weighted by Crippen LogP contribution is 2.40. The van der Waals surface area contributed by atoms with Crippen LogP contribution in [-0.2, 0) is 0 Å². The molecule has 1 nitrogen and oxygen atoms in total. The van der Waals surface area contributed by atoms with E-state index in [-0.39, 0.29) is 5.41 Å². The molecule has 1 aliphatic rings. The fraction of sp³-hybridized carbons (Fsp3) is 0.600. The van der Waals surface area contributed by atoms with Crippen LogP contribution in [0.5, 0.6) is 0 Å². The molecule has 1 heteroatoms. The summed E-state index contributed by atoms with van der Waals surface area (Å²) in [7, 11) is 0. The molecule has 0 fully saturated rings. The quantitative estimate of drug-likeness (QED) is 0.704. The Kier molecular flexibility index (Phi) is 3.65. The van der Waals surface area contributed by atoms with Gasteiger partial charge < -0.3 is 5.11 Å². The number of hydrogen-bond donors (Lipinski definition) is 1. The van der Waals surface area contributed by atoms with Crippen LogP contribution in [0.4, 0.5) is 0 Å². The maximum atomic E-state index is 9.76. The second-order valence-corrected chi connectivity index (χ2v) is 5.56. The lowest BCUT2D eigenvalue weighted by Gasteiger charge is -2.33. The zero-order chi connectivity index (χ0) is 12.4. The SMILES string of the molecule is C#CC(C)(O)/C=C/C1=C(C)CCCC1(C)C. The summed E-state index contributed by atoms with van der Waals surface area (Å²) in [6, 6.07) is 0. The molecule has 0 amide bonds. The summed E-state index contributed by atoms with van der Waals surface area (Å²) in [5.74, 6) is 2.37. The molecule has 1 atom stereocenters. The lowest BCUT2D eigenvalue weighted by molar-refractivity contribution is 0.174. The first kappa shape index (κ1) is 13.1. The lowest BCUT2D eigenvalue weighted by Crippen LogP contribution is -2.21. The minimum absolute atomic E-state index is 0.198. The Morgan fingerprint density at radius 2 is 2.12 bits per heavy atom. The smallest absolute Gasteiger partial charge is 0.141 e. The topological polar surface area (TPSA) is 20.2 Å². The Morgan fingerprint density at radius 3 is 2.62 bits per heavy atom. The van der Waals surface area contributed by atoms with E-state index in [0.29, 0.717) is 0 Å². The molecule has 0 saturated heterocycles. The standard InChI is InChI=1S/C15H22O/c1-6-15(5,16)11-9-13-12(2)8-7-10-14(13,3)4/h1,9,11,16H,7-8,10H2,2-5H3/b11-9+. The van der Waals surface area contributed by atoms with Crippen LogP contribution in [0.25, 0.3) is 0 Å². The summed E-state index contributed by atoms with van der Waals surface area (Å²) < 4.78 is 0. The molecule has 16 heavy (non-hydrogen) atoms. The normalized spacial score (nSPS) is 24.2. The first-order valence-corrected chi connectivity index (χ1v) is 5.88. The van der Waals surface area contributed by atoms with Crippen molar-refractivity contribution < 1.29 is 5.11 Å². The van der Waals surface area contributed by atoms with Crippen molar-refractivity contribution in [3.63, 3.8) is 0 Å². The summed E-state index contributed by atoms with van der Waals surface area (Å²) in [6.45, 7) is 8.31. The highest BCUT2D eigenvalue weighted by Gasteiger charge is 2.27. The van der Waals surface area contributed by atoms with E-state index in [2.05, 4.69) is 26.7 Å². The second-order valence-electron chi connectivity index (χ2n) is 5.56. The third kappa shape index (κ3) is 3.00. The maximum absolute atomic E-state index is 9.76. The van der Waals surface area contributed by atoms with Gasteiger partial charge in [-0.25, -0.2) is 0 Å². The van der Waals surface area contributed by atoms with Crippen molar-refractivity contribution in [2.24, 2.45) is 5.41 Å².